The van der Waals surface area contributed by atoms with Crippen LogP contribution in [0, 0.1) is 5.82 Å². The molecule has 4 heteroatoms. The van der Waals surface area contributed by atoms with Gasteiger partial charge in [0.1, 0.15) is 11.7 Å². The number of alkyl halides is 1. The Balaban J connectivity index is 2.15. The fraction of sp³-hybridized carbons (Fsp3) is 0.364. The summed E-state index contributed by atoms with van der Waals surface area (Å²) in [6.45, 7) is 0.715. The molecule has 1 saturated heterocycles. The highest BCUT2D eigenvalue weighted by Crippen LogP contribution is 2.33. The number of carbonyl (C=O) groups is 1. The highest BCUT2D eigenvalue weighted by molar-refractivity contribution is 6.27. The fourth-order valence-electron chi connectivity index (χ4n) is 1.82. The van der Waals surface area contributed by atoms with Crippen LogP contribution in [0.2, 0.25) is 0 Å². The second-order valence-corrected chi connectivity index (χ2v) is 3.85. The Bertz CT molecular complexity index is 383. The molecule has 80 valence electrons. The summed E-state index contributed by atoms with van der Waals surface area (Å²) in [6, 6.07) is 6.37. The average Bonchev–Trinajstić information content (AvgIpc) is 2.16. The predicted octanol–water partition coefficient (Wildman–Crippen LogP) is 2.34. The molecule has 1 unspecified atom stereocenters. The molecular weight excluding hydrogens is 217 g/mol. The van der Waals surface area contributed by atoms with Crippen molar-refractivity contribution in [1.29, 1.82) is 0 Å². The molecule has 1 aromatic rings. The summed E-state index contributed by atoms with van der Waals surface area (Å²) < 4.78 is 13.0. The van der Waals surface area contributed by atoms with Crippen molar-refractivity contribution in [3.05, 3.63) is 35.6 Å². The molecule has 2 rings (SSSR count). The number of amides is 1. The van der Waals surface area contributed by atoms with Gasteiger partial charge >= 0.3 is 0 Å². The molecule has 1 aromatic carbocycles. The van der Waals surface area contributed by atoms with Gasteiger partial charge in [0, 0.05) is 6.54 Å². The second kappa shape index (κ2) is 4.19. The Morgan fingerprint density at radius 1 is 1.60 bits per heavy atom. The molecular formula is C11H11ClFNO. The zero-order chi connectivity index (χ0) is 10.8. The first-order chi connectivity index (χ1) is 7.22. The van der Waals surface area contributed by atoms with Crippen LogP contribution < -0.4 is 0 Å². The summed E-state index contributed by atoms with van der Waals surface area (Å²) in [4.78, 5) is 13.0. The largest absolute Gasteiger partial charge is 0.334 e. The van der Waals surface area contributed by atoms with Crippen LogP contribution in [0.1, 0.15) is 18.0 Å². The molecule has 1 fully saturated rings. The van der Waals surface area contributed by atoms with Gasteiger partial charge in [-0.2, -0.15) is 0 Å². The van der Waals surface area contributed by atoms with Gasteiger partial charge in [0.25, 0.3) is 0 Å². The van der Waals surface area contributed by atoms with Gasteiger partial charge in [-0.05, 0) is 24.1 Å². The highest BCUT2D eigenvalue weighted by Gasteiger charge is 2.32. The van der Waals surface area contributed by atoms with Crippen molar-refractivity contribution >= 4 is 17.5 Å². The van der Waals surface area contributed by atoms with Gasteiger partial charge in [-0.1, -0.05) is 12.1 Å². The molecule has 0 saturated carbocycles. The molecule has 1 amide bonds. The second-order valence-electron chi connectivity index (χ2n) is 3.58. The lowest BCUT2D eigenvalue weighted by Gasteiger charge is -2.41. The van der Waals surface area contributed by atoms with Crippen molar-refractivity contribution in [3.63, 3.8) is 0 Å². The fourth-order valence-corrected chi connectivity index (χ4v) is 1.98. The number of likely N-dealkylation sites (tertiary alicyclic amines) is 1. The molecule has 0 N–H and O–H groups in total. The maximum atomic E-state index is 13.0. The van der Waals surface area contributed by atoms with Crippen LogP contribution in [0.4, 0.5) is 4.39 Å². The van der Waals surface area contributed by atoms with Crippen LogP contribution in [-0.2, 0) is 4.79 Å². The summed E-state index contributed by atoms with van der Waals surface area (Å²) in [6.07, 6.45) is 0.881. The van der Waals surface area contributed by atoms with Gasteiger partial charge in [-0.25, -0.2) is 4.39 Å². The van der Waals surface area contributed by atoms with E-state index >= 15 is 0 Å². The van der Waals surface area contributed by atoms with E-state index in [-0.39, 0.29) is 23.6 Å². The molecule has 0 spiro atoms. The number of carbonyl (C=O) groups excluding carboxylic acids is 1. The van der Waals surface area contributed by atoms with Gasteiger partial charge in [0.15, 0.2) is 0 Å². The molecule has 1 heterocycles. The van der Waals surface area contributed by atoms with E-state index in [1.54, 1.807) is 11.0 Å². The third-order valence-corrected chi connectivity index (χ3v) is 2.92. The monoisotopic (exact) mass is 227 g/mol. The van der Waals surface area contributed by atoms with E-state index in [2.05, 4.69) is 0 Å². The lowest BCUT2D eigenvalue weighted by Crippen LogP contribution is -2.45. The molecule has 2 nitrogen and oxygen atoms in total. The first-order valence-electron chi connectivity index (χ1n) is 4.83. The van der Waals surface area contributed by atoms with Crippen LogP contribution >= 0.6 is 11.6 Å². The predicted molar refractivity (Wildman–Crippen MR) is 56.2 cm³/mol. The van der Waals surface area contributed by atoms with Gasteiger partial charge in [-0.3, -0.25) is 4.79 Å². The van der Waals surface area contributed by atoms with Gasteiger partial charge in [-0.15, -0.1) is 11.6 Å². The summed E-state index contributed by atoms with van der Waals surface area (Å²) in [5.41, 5.74) is 0.847. The number of hydrogen-bond acceptors (Lipinski definition) is 1. The Labute approximate surface area is 92.6 Å². The van der Waals surface area contributed by atoms with Crippen molar-refractivity contribution in [2.24, 2.45) is 0 Å². The molecule has 0 aromatic heterocycles. The third kappa shape index (κ3) is 1.97. The number of halogens is 2. The van der Waals surface area contributed by atoms with Crippen molar-refractivity contribution in [3.8, 4) is 0 Å². The van der Waals surface area contributed by atoms with E-state index in [0.29, 0.717) is 6.54 Å². The maximum absolute atomic E-state index is 13.0. The summed E-state index contributed by atoms with van der Waals surface area (Å²) in [7, 11) is 0. The topological polar surface area (TPSA) is 20.3 Å². The number of rotatable bonds is 2. The first kappa shape index (κ1) is 10.4. The molecule has 1 atom stereocenters. The van der Waals surface area contributed by atoms with E-state index in [9.17, 15) is 9.18 Å². The standard InChI is InChI=1S/C11H11ClFNO/c12-7-11(15)14-5-4-10(14)8-2-1-3-9(13)6-8/h1-3,6,10H,4-5,7H2. The number of benzene rings is 1. The third-order valence-electron chi connectivity index (χ3n) is 2.69. The summed E-state index contributed by atoms with van der Waals surface area (Å²) in [5, 5.41) is 0. The molecule has 1 aliphatic heterocycles. The minimum Gasteiger partial charge on any atom is -0.334 e. The summed E-state index contributed by atoms with van der Waals surface area (Å²) >= 11 is 5.48. The lowest BCUT2D eigenvalue weighted by molar-refractivity contribution is -0.136. The Morgan fingerprint density at radius 3 is 2.93 bits per heavy atom. The first-order valence-corrected chi connectivity index (χ1v) is 5.36. The lowest BCUT2D eigenvalue weighted by atomic mass is 9.95. The summed E-state index contributed by atoms with van der Waals surface area (Å²) in [5.74, 6) is -0.360. The molecule has 0 radical (unpaired) electrons. The normalized spacial score (nSPS) is 19.9. The van der Waals surface area contributed by atoms with Crippen LogP contribution in [0.5, 0.6) is 0 Å². The van der Waals surface area contributed by atoms with Crippen LogP contribution in [0.3, 0.4) is 0 Å². The van der Waals surface area contributed by atoms with Crippen molar-refractivity contribution < 1.29 is 9.18 Å². The minimum absolute atomic E-state index is 0.00644. The molecule has 15 heavy (non-hydrogen) atoms. The van der Waals surface area contributed by atoms with Crippen LogP contribution in [-0.4, -0.2) is 23.2 Å². The Hall–Kier alpha value is -1.09. The van der Waals surface area contributed by atoms with E-state index in [4.69, 9.17) is 11.6 Å². The van der Waals surface area contributed by atoms with E-state index < -0.39 is 0 Å². The minimum atomic E-state index is -0.266. The SMILES string of the molecule is O=C(CCl)N1CCC1c1cccc(F)c1. The van der Waals surface area contributed by atoms with E-state index in [1.165, 1.54) is 12.1 Å². The molecule has 1 aliphatic rings. The van der Waals surface area contributed by atoms with Gasteiger partial charge in [0.2, 0.25) is 5.91 Å². The Kier molecular flexibility index (Phi) is 2.91. The smallest absolute Gasteiger partial charge is 0.238 e. The zero-order valence-electron chi connectivity index (χ0n) is 8.12. The average molecular weight is 228 g/mol. The van der Waals surface area contributed by atoms with Gasteiger partial charge < -0.3 is 4.90 Å². The Morgan fingerprint density at radius 2 is 2.40 bits per heavy atom. The maximum Gasteiger partial charge on any atom is 0.238 e. The quantitative estimate of drug-likeness (QED) is 0.711. The van der Waals surface area contributed by atoms with Crippen molar-refractivity contribution in [2.45, 2.75) is 12.5 Å². The van der Waals surface area contributed by atoms with Gasteiger partial charge in [0.05, 0.1) is 6.04 Å². The molecule has 0 aliphatic carbocycles. The van der Waals surface area contributed by atoms with Crippen LogP contribution in [0.15, 0.2) is 24.3 Å². The highest BCUT2D eigenvalue weighted by atomic mass is 35.5. The molecule has 0 bridgehead atoms. The number of hydrogen-bond donors (Lipinski definition) is 0. The van der Waals surface area contributed by atoms with Crippen LogP contribution in [0.25, 0.3) is 0 Å². The van der Waals surface area contributed by atoms with Crippen molar-refractivity contribution in [2.75, 3.05) is 12.4 Å². The van der Waals surface area contributed by atoms with Crippen molar-refractivity contribution in [1.82, 2.24) is 4.90 Å². The van der Waals surface area contributed by atoms with E-state index in [1.807, 2.05) is 6.07 Å². The number of nitrogens with zero attached hydrogens (tertiary/aromatic N) is 1. The van der Waals surface area contributed by atoms with E-state index in [0.717, 1.165) is 12.0 Å². The zero-order valence-corrected chi connectivity index (χ0v) is 8.88.